The molecular weight excluding hydrogens is 223 g/mol. The zero-order valence-corrected chi connectivity index (χ0v) is 7.61. The van der Waals surface area contributed by atoms with E-state index in [1.54, 1.807) is 0 Å². The Hall–Kier alpha value is 0.469. The Balaban J connectivity index is 3.72. The van der Waals surface area contributed by atoms with E-state index in [2.05, 4.69) is 14.1 Å². The second kappa shape index (κ2) is 3.47. The zero-order chi connectivity index (χ0) is 5.86. The molecule has 0 rings (SSSR count). The maximum absolute atomic E-state index is 5.44. The molecule has 4 heteroatoms. The molecule has 0 aliphatic heterocycles. The molecule has 42 valence electrons. The molecule has 0 heterocycles. The summed E-state index contributed by atoms with van der Waals surface area (Å²) < 4.78 is 2.81. The zero-order valence-electron chi connectivity index (χ0n) is 4.31. The van der Waals surface area contributed by atoms with Crippen LogP contribution in [0.3, 0.4) is 0 Å². The second-order valence-corrected chi connectivity index (χ2v) is 4.19. The van der Waals surface area contributed by atoms with Gasteiger partial charge in [0.15, 0.2) is 0 Å². The van der Waals surface area contributed by atoms with E-state index in [9.17, 15) is 0 Å². The number of nitrogens with zero attached hydrogens (tertiary/aromatic N) is 1. The summed E-state index contributed by atoms with van der Waals surface area (Å²) >= 11 is 3.56. The monoisotopic (exact) mass is 231 g/mol. The van der Waals surface area contributed by atoms with Gasteiger partial charge in [-0.1, -0.05) is 0 Å². The minimum atomic E-state index is 0.288. The molecule has 0 radical (unpaired) electrons. The summed E-state index contributed by atoms with van der Waals surface area (Å²) in [4.78, 5) is 0. The SMILES string of the molecule is C[N+](C)=C(N)[Se]Br. The average Bonchev–Trinajstić information content (AvgIpc) is 1.65. The summed E-state index contributed by atoms with van der Waals surface area (Å²) in [6, 6.07) is 0. The molecule has 0 fully saturated rings. The first kappa shape index (κ1) is 7.47. The van der Waals surface area contributed by atoms with E-state index in [1.165, 1.54) is 0 Å². The first-order valence-corrected chi connectivity index (χ1v) is 6.63. The molecule has 0 unspecified atom stereocenters. The Labute approximate surface area is 56.6 Å². The van der Waals surface area contributed by atoms with Crippen LogP contribution in [-0.2, 0) is 0 Å². The second-order valence-electron chi connectivity index (χ2n) is 1.31. The van der Waals surface area contributed by atoms with Gasteiger partial charge in [-0.15, -0.1) is 0 Å². The van der Waals surface area contributed by atoms with Crippen molar-refractivity contribution < 1.29 is 4.58 Å². The standard InChI is InChI=1S/C3H7BrN2Se/c1-6(2)3(5)7-4/h5H,1-2H3/p+1. The van der Waals surface area contributed by atoms with Gasteiger partial charge in [0.05, 0.1) is 0 Å². The fourth-order valence-electron chi connectivity index (χ4n) is 0.0690. The minimum absolute atomic E-state index is 0.288. The Morgan fingerprint density at radius 2 is 2.14 bits per heavy atom. The molecule has 0 aliphatic carbocycles. The molecule has 2 nitrogen and oxygen atoms in total. The van der Waals surface area contributed by atoms with Crippen LogP contribution in [0.5, 0.6) is 0 Å². The third-order valence-corrected chi connectivity index (χ3v) is 3.34. The molecule has 2 N–H and O–H groups in total. The first-order chi connectivity index (χ1) is 3.18. The third-order valence-electron chi connectivity index (χ3n) is 0.520. The predicted octanol–water partition coefficient (Wildman–Crippen LogP) is -0.413. The van der Waals surface area contributed by atoms with Crippen LogP contribution in [0.1, 0.15) is 0 Å². The Morgan fingerprint density at radius 1 is 1.71 bits per heavy atom. The summed E-state index contributed by atoms with van der Waals surface area (Å²) in [5, 5.41) is 0. The third kappa shape index (κ3) is 3.09. The van der Waals surface area contributed by atoms with Crippen LogP contribution in [0.15, 0.2) is 0 Å². The van der Waals surface area contributed by atoms with E-state index in [0.29, 0.717) is 0 Å². The van der Waals surface area contributed by atoms with Crippen molar-refractivity contribution in [1.29, 1.82) is 0 Å². The number of rotatable bonds is 1. The fourth-order valence-corrected chi connectivity index (χ4v) is 1.86. The predicted molar refractivity (Wildman–Crippen MR) is 36.0 cm³/mol. The van der Waals surface area contributed by atoms with Crippen LogP contribution in [0.4, 0.5) is 0 Å². The van der Waals surface area contributed by atoms with Crippen molar-refractivity contribution >= 4 is 32.0 Å². The average molecular weight is 231 g/mol. The van der Waals surface area contributed by atoms with Crippen LogP contribution >= 0.6 is 14.1 Å². The van der Waals surface area contributed by atoms with E-state index in [-0.39, 0.29) is 13.1 Å². The van der Waals surface area contributed by atoms with Gasteiger partial charge in [-0.2, -0.15) is 0 Å². The van der Waals surface area contributed by atoms with Gasteiger partial charge in [0, 0.05) is 0 Å². The van der Waals surface area contributed by atoms with Crippen LogP contribution < -0.4 is 5.73 Å². The molecule has 0 amide bonds. The Bertz CT molecular complexity index is 86.9. The van der Waals surface area contributed by atoms with Crippen LogP contribution in [0.25, 0.3) is 0 Å². The summed E-state index contributed by atoms with van der Waals surface area (Å²) in [5.41, 5.74) is 5.44. The molecular formula is C3H8BrN2Se+. The molecule has 0 aromatic heterocycles. The van der Waals surface area contributed by atoms with Gasteiger partial charge in [0.25, 0.3) is 0 Å². The van der Waals surface area contributed by atoms with Crippen molar-refractivity contribution in [2.45, 2.75) is 0 Å². The van der Waals surface area contributed by atoms with Gasteiger partial charge in [0.1, 0.15) is 0 Å². The maximum atomic E-state index is 5.44. The molecule has 0 aromatic rings. The van der Waals surface area contributed by atoms with E-state index in [1.807, 2.05) is 18.7 Å². The van der Waals surface area contributed by atoms with Crippen molar-refractivity contribution in [2.75, 3.05) is 14.1 Å². The molecule has 0 bridgehead atoms. The van der Waals surface area contributed by atoms with Gasteiger partial charge in [-0.25, -0.2) is 0 Å². The van der Waals surface area contributed by atoms with E-state index < -0.39 is 0 Å². The number of hydrogen-bond donors (Lipinski definition) is 1. The molecule has 0 spiro atoms. The number of hydrogen-bond acceptors (Lipinski definition) is 0. The van der Waals surface area contributed by atoms with Crippen molar-refractivity contribution in [3.05, 3.63) is 0 Å². The van der Waals surface area contributed by atoms with Gasteiger partial charge in [-0.3, -0.25) is 0 Å². The van der Waals surface area contributed by atoms with Crippen LogP contribution in [0, 0.1) is 0 Å². The summed E-state index contributed by atoms with van der Waals surface area (Å²) in [6.45, 7) is 0. The van der Waals surface area contributed by atoms with E-state index in [0.717, 1.165) is 4.73 Å². The normalized spacial score (nSPS) is 8.43. The molecule has 0 aromatic carbocycles. The Morgan fingerprint density at radius 3 is 2.14 bits per heavy atom. The van der Waals surface area contributed by atoms with Gasteiger partial charge in [0.2, 0.25) is 0 Å². The van der Waals surface area contributed by atoms with E-state index in [4.69, 9.17) is 5.73 Å². The first-order valence-electron chi connectivity index (χ1n) is 1.77. The van der Waals surface area contributed by atoms with Crippen LogP contribution in [-0.4, -0.2) is 36.6 Å². The summed E-state index contributed by atoms with van der Waals surface area (Å²) in [5.74, 6) is 0. The molecule has 0 saturated heterocycles. The number of amidine groups is 1. The number of nitrogens with two attached hydrogens (primary N) is 1. The quantitative estimate of drug-likeness (QED) is 0.282. The van der Waals surface area contributed by atoms with Gasteiger partial charge in [-0.05, 0) is 0 Å². The molecule has 0 saturated carbocycles. The van der Waals surface area contributed by atoms with E-state index >= 15 is 0 Å². The Kier molecular flexibility index (Phi) is 3.70. The fraction of sp³-hybridized carbons (Fsp3) is 0.667. The molecule has 0 atom stereocenters. The molecule has 0 aliphatic rings. The topological polar surface area (TPSA) is 29.0 Å². The van der Waals surface area contributed by atoms with Gasteiger partial charge >= 0.3 is 56.4 Å². The van der Waals surface area contributed by atoms with Crippen molar-refractivity contribution in [3.63, 3.8) is 0 Å². The van der Waals surface area contributed by atoms with Crippen LogP contribution in [0.2, 0.25) is 0 Å². The molecule has 7 heavy (non-hydrogen) atoms. The van der Waals surface area contributed by atoms with Crippen molar-refractivity contribution in [1.82, 2.24) is 0 Å². The summed E-state index contributed by atoms with van der Waals surface area (Å²) in [6.07, 6.45) is 0. The van der Waals surface area contributed by atoms with Crippen molar-refractivity contribution in [2.24, 2.45) is 5.73 Å². The van der Waals surface area contributed by atoms with Gasteiger partial charge < -0.3 is 0 Å². The van der Waals surface area contributed by atoms with Crippen molar-refractivity contribution in [3.8, 4) is 0 Å². The summed E-state index contributed by atoms with van der Waals surface area (Å²) in [7, 11) is 3.86. The number of halogens is 1.